The highest BCUT2D eigenvalue weighted by Gasteiger charge is 2.46. The van der Waals surface area contributed by atoms with E-state index < -0.39 is 0 Å². The van der Waals surface area contributed by atoms with Crippen LogP contribution in [0.4, 0.5) is 0 Å². The molecule has 8 rings (SSSR count). The van der Waals surface area contributed by atoms with Crippen LogP contribution in [0.1, 0.15) is 35.1 Å². The first kappa shape index (κ1) is 22.0. The van der Waals surface area contributed by atoms with Gasteiger partial charge in [-0.1, -0.05) is 42.5 Å². The molecule has 0 spiro atoms. The Labute approximate surface area is 226 Å². The molecule has 2 aliphatic rings. The van der Waals surface area contributed by atoms with E-state index in [2.05, 4.69) is 100 Å². The summed E-state index contributed by atoms with van der Waals surface area (Å²) in [5.41, 5.74) is 10.3. The minimum atomic E-state index is 0.0629. The summed E-state index contributed by atoms with van der Waals surface area (Å²) in [6.07, 6.45) is 6.19. The Kier molecular flexibility index (Phi) is 4.65. The Balaban J connectivity index is 1.44. The van der Waals surface area contributed by atoms with Gasteiger partial charge < -0.3 is 4.42 Å². The minimum absolute atomic E-state index is 0.0629. The van der Waals surface area contributed by atoms with E-state index in [1.165, 1.54) is 22.4 Å². The SMILES string of the molecule is C=C1C2C(CCc3ccc4c(oc5c(C#N)cccc54)c3-c3cccc[n+]31)c1ccccc1-c1cccc[n+]12. The molecule has 2 aliphatic heterocycles. The molecule has 0 aliphatic carbocycles. The summed E-state index contributed by atoms with van der Waals surface area (Å²) in [5.74, 6) is 0.261. The fraction of sp³-hybridized carbons (Fsp3) is 0.114. The second-order valence-electron chi connectivity index (χ2n) is 10.5. The lowest BCUT2D eigenvalue weighted by Crippen LogP contribution is -2.53. The summed E-state index contributed by atoms with van der Waals surface area (Å²) < 4.78 is 11.2. The lowest BCUT2D eigenvalue weighted by Gasteiger charge is -2.29. The lowest BCUT2D eigenvalue weighted by atomic mass is 9.78. The number of hydrogen-bond acceptors (Lipinski definition) is 2. The molecule has 4 nitrogen and oxygen atoms in total. The van der Waals surface area contributed by atoms with Gasteiger partial charge in [0.05, 0.1) is 17.0 Å². The zero-order chi connectivity index (χ0) is 26.1. The average molecular weight is 504 g/mol. The first-order valence-electron chi connectivity index (χ1n) is 13.4. The number of nitrogens with zero attached hydrogens (tertiary/aromatic N) is 3. The van der Waals surface area contributed by atoms with Gasteiger partial charge in [0.1, 0.15) is 11.7 Å². The molecule has 0 radical (unpaired) electrons. The van der Waals surface area contributed by atoms with Crippen molar-refractivity contribution in [1.29, 1.82) is 5.26 Å². The molecule has 4 heteroatoms. The summed E-state index contributed by atoms with van der Waals surface area (Å²) in [6.45, 7) is 4.75. The number of benzene rings is 3. The lowest BCUT2D eigenvalue weighted by molar-refractivity contribution is -0.727. The maximum Gasteiger partial charge on any atom is 0.249 e. The zero-order valence-corrected chi connectivity index (χ0v) is 21.3. The number of hydrogen-bond donors (Lipinski definition) is 0. The predicted octanol–water partition coefficient (Wildman–Crippen LogP) is 7.12. The van der Waals surface area contributed by atoms with Crippen molar-refractivity contribution < 1.29 is 13.6 Å². The normalized spacial score (nSPS) is 17.6. The molecule has 2 atom stereocenters. The van der Waals surface area contributed by atoms with E-state index >= 15 is 0 Å². The van der Waals surface area contributed by atoms with Gasteiger partial charge in [-0.3, -0.25) is 0 Å². The van der Waals surface area contributed by atoms with Crippen LogP contribution in [0.3, 0.4) is 0 Å². The van der Waals surface area contributed by atoms with Gasteiger partial charge in [-0.05, 0) is 54.8 Å². The van der Waals surface area contributed by atoms with Crippen molar-refractivity contribution in [3.8, 4) is 28.6 Å². The molecule has 0 amide bonds. The molecular weight excluding hydrogens is 478 g/mol. The summed E-state index contributed by atoms with van der Waals surface area (Å²) >= 11 is 0. The third-order valence-corrected chi connectivity index (χ3v) is 8.57. The van der Waals surface area contributed by atoms with Gasteiger partial charge in [-0.2, -0.15) is 14.4 Å². The Bertz CT molecular complexity index is 2030. The number of para-hydroxylation sites is 1. The van der Waals surface area contributed by atoms with Crippen LogP contribution in [0.25, 0.3) is 50.2 Å². The van der Waals surface area contributed by atoms with Crippen LogP contribution in [-0.4, -0.2) is 0 Å². The summed E-state index contributed by atoms with van der Waals surface area (Å²) in [6, 6.07) is 34.2. The number of aryl methyl sites for hydroxylation is 1. The molecule has 0 saturated heterocycles. The third-order valence-electron chi connectivity index (χ3n) is 8.57. The number of furan rings is 1. The van der Waals surface area contributed by atoms with Crippen LogP contribution in [0, 0.1) is 11.3 Å². The number of nitriles is 1. The van der Waals surface area contributed by atoms with Crippen molar-refractivity contribution in [3.63, 3.8) is 0 Å². The molecule has 39 heavy (non-hydrogen) atoms. The molecule has 0 bridgehead atoms. The number of fused-ring (bicyclic) bond motifs is 13. The van der Waals surface area contributed by atoms with Gasteiger partial charge in [-0.15, -0.1) is 0 Å². The van der Waals surface area contributed by atoms with E-state index in [9.17, 15) is 5.26 Å². The maximum absolute atomic E-state index is 9.76. The summed E-state index contributed by atoms with van der Waals surface area (Å²) in [7, 11) is 0. The Morgan fingerprint density at radius 1 is 0.795 bits per heavy atom. The quantitative estimate of drug-likeness (QED) is 0.207. The van der Waals surface area contributed by atoms with Crippen LogP contribution < -0.4 is 9.13 Å². The fourth-order valence-corrected chi connectivity index (χ4v) is 6.88. The Hall–Kier alpha value is -5.01. The van der Waals surface area contributed by atoms with Crippen LogP contribution in [0.5, 0.6) is 0 Å². The van der Waals surface area contributed by atoms with Crippen molar-refractivity contribution in [2.24, 2.45) is 0 Å². The molecule has 0 fully saturated rings. The van der Waals surface area contributed by atoms with Crippen LogP contribution in [-0.2, 0) is 6.42 Å². The monoisotopic (exact) mass is 503 g/mol. The number of rotatable bonds is 0. The van der Waals surface area contributed by atoms with Crippen molar-refractivity contribution in [3.05, 3.63) is 127 Å². The highest BCUT2D eigenvalue weighted by atomic mass is 16.3. The van der Waals surface area contributed by atoms with Crippen molar-refractivity contribution >= 4 is 27.6 Å². The van der Waals surface area contributed by atoms with E-state index in [0.717, 1.165) is 46.2 Å². The zero-order valence-electron chi connectivity index (χ0n) is 21.3. The Morgan fingerprint density at radius 3 is 2.49 bits per heavy atom. The molecule has 6 aromatic rings. The van der Waals surface area contributed by atoms with Crippen molar-refractivity contribution in [2.45, 2.75) is 24.8 Å². The minimum Gasteiger partial charge on any atom is -0.454 e. The van der Waals surface area contributed by atoms with Crippen LogP contribution >= 0.6 is 0 Å². The standard InChI is InChI=1S/C35H25N3O/c1-22-33-27(25-10-2-3-11-26(25)30-13-4-7-20-38(30)33)17-15-23-16-18-29-28-12-8-9-24(21-36)34(28)39-35(29)32(23)31-14-5-6-19-37(22)31/h2-14,16,18-20,27,33H,1,15,17H2/q+2. The molecule has 2 unspecified atom stereocenters. The average Bonchev–Trinajstić information content (AvgIpc) is 3.39. The van der Waals surface area contributed by atoms with Gasteiger partial charge in [-0.25, -0.2) is 0 Å². The van der Waals surface area contributed by atoms with Crippen LogP contribution in [0.15, 0.2) is 114 Å². The molecule has 0 N–H and O–H groups in total. The van der Waals surface area contributed by atoms with Gasteiger partial charge >= 0.3 is 0 Å². The first-order valence-corrected chi connectivity index (χ1v) is 13.4. The largest absolute Gasteiger partial charge is 0.454 e. The molecule has 0 saturated carbocycles. The number of allylic oxidation sites excluding steroid dienone is 1. The Morgan fingerprint density at radius 2 is 1.59 bits per heavy atom. The highest BCUT2D eigenvalue weighted by molar-refractivity contribution is 6.11. The molecule has 5 heterocycles. The first-order chi connectivity index (χ1) is 19.2. The number of aromatic nitrogens is 2. The van der Waals surface area contributed by atoms with E-state index in [-0.39, 0.29) is 12.0 Å². The molecular formula is C35H25N3O+2. The molecule has 3 aromatic heterocycles. The topological polar surface area (TPSA) is 44.7 Å². The highest BCUT2D eigenvalue weighted by Crippen LogP contribution is 2.46. The van der Waals surface area contributed by atoms with Gasteiger partial charge in [0, 0.05) is 40.6 Å². The van der Waals surface area contributed by atoms with Gasteiger partial charge in [0.15, 0.2) is 18.0 Å². The van der Waals surface area contributed by atoms with Crippen LogP contribution in [0.2, 0.25) is 0 Å². The second-order valence-corrected chi connectivity index (χ2v) is 10.5. The van der Waals surface area contributed by atoms with Gasteiger partial charge in [0.2, 0.25) is 23.1 Å². The molecule has 3 aromatic carbocycles. The number of pyridine rings is 2. The summed E-state index contributed by atoms with van der Waals surface area (Å²) in [4.78, 5) is 0. The maximum atomic E-state index is 9.76. The third kappa shape index (κ3) is 3.05. The fourth-order valence-electron chi connectivity index (χ4n) is 6.88. The van der Waals surface area contributed by atoms with Gasteiger partial charge in [0.25, 0.3) is 0 Å². The smallest absolute Gasteiger partial charge is 0.249 e. The van der Waals surface area contributed by atoms with E-state index in [1.807, 2.05) is 18.2 Å². The van der Waals surface area contributed by atoms with E-state index in [4.69, 9.17) is 11.0 Å². The van der Waals surface area contributed by atoms with E-state index in [1.54, 1.807) is 0 Å². The van der Waals surface area contributed by atoms with Crippen molar-refractivity contribution in [1.82, 2.24) is 0 Å². The van der Waals surface area contributed by atoms with E-state index in [0.29, 0.717) is 11.1 Å². The second kappa shape index (κ2) is 8.24. The molecule has 184 valence electrons. The van der Waals surface area contributed by atoms with Crippen molar-refractivity contribution in [2.75, 3.05) is 0 Å². The predicted molar refractivity (Wildman–Crippen MR) is 152 cm³/mol. The summed E-state index contributed by atoms with van der Waals surface area (Å²) in [5, 5.41) is 11.8.